The summed E-state index contributed by atoms with van der Waals surface area (Å²) in [5, 5.41) is 0. The topological polar surface area (TPSA) is 89.5 Å². The Balaban J connectivity index is 1.58. The van der Waals surface area contributed by atoms with E-state index in [1.807, 2.05) is 0 Å². The Morgan fingerprint density at radius 3 is 1.15 bits per heavy atom. The minimum absolute atomic E-state index is 0.0367. The highest BCUT2D eigenvalue weighted by Crippen LogP contribution is 2.64. The average molecular weight is 282 g/mol. The zero-order valence-corrected chi connectivity index (χ0v) is 10.0. The first-order chi connectivity index (χ1) is 9.75. The average Bonchev–Trinajstić information content (AvgIpc) is 3.14. The van der Waals surface area contributed by atoms with E-state index in [2.05, 4.69) is 0 Å². The normalized spacial score (nSPS) is 65.0. The molecule has 2 aliphatic carbocycles. The van der Waals surface area contributed by atoms with Gasteiger partial charge in [-0.1, -0.05) is 0 Å². The van der Waals surface area contributed by atoms with Gasteiger partial charge in [-0.25, -0.2) is 19.6 Å². The maximum Gasteiger partial charge on any atom is 0.204 e. The largest absolute Gasteiger partial charge is 0.316 e. The summed E-state index contributed by atoms with van der Waals surface area (Å²) < 4.78 is 11.1. The van der Waals surface area contributed by atoms with E-state index in [0.717, 1.165) is 0 Å². The summed E-state index contributed by atoms with van der Waals surface area (Å²) in [6.45, 7) is 0. The number of carbonyl (C=O) groups excluding carboxylic acids is 2. The van der Waals surface area contributed by atoms with Crippen LogP contribution in [0.5, 0.6) is 0 Å². The molecule has 0 aromatic carbocycles. The van der Waals surface area contributed by atoms with Crippen molar-refractivity contribution < 1.29 is 38.6 Å². The summed E-state index contributed by atoms with van der Waals surface area (Å²) in [6, 6.07) is 0. The van der Waals surface area contributed by atoms with Gasteiger partial charge < -0.3 is 9.47 Å². The Labute approximate surface area is 112 Å². The molecule has 0 spiro atoms. The van der Waals surface area contributed by atoms with E-state index in [4.69, 9.17) is 29.0 Å². The molecule has 2 unspecified atom stereocenters. The van der Waals surface area contributed by atoms with Gasteiger partial charge in [-0.15, -0.1) is 0 Å². The summed E-state index contributed by atoms with van der Waals surface area (Å²) in [5.74, 6) is -2.21. The lowest BCUT2D eigenvalue weighted by molar-refractivity contribution is -0.302. The van der Waals surface area contributed by atoms with Gasteiger partial charge in [-0.3, -0.25) is 9.59 Å². The lowest BCUT2D eigenvalue weighted by Crippen LogP contribution is -2.47. The van der Waals surface area contributed by atoms with Gasteiger partial charge in [0.15, 0.2) is 0 Å². The Morgan fingerprint density at radius 1 is 0.550 bits per heavy atom. The van der Waals surface area contributed by atoms with Crippen LogP contribution < -0.4 is 0 Å². The van der Waals surface area contributed by atoms with Crippen LogP contribution in [-0.2, 0) is 38.6 Å². The highest BCUT2D eigenvalue weighted by molar-refractivity contribution is 5.96. The van der Waals surface area contributed by atoms with Crippen molar-refractivity contribution in [2.75, 3.05) is 0 Å². The molecule has 0 aromatic rings. The second-order valence-electron chi connectivity index (χ2n) is 6.19. The minimum atomic E-state index is -0.717. The molecular weight excluding hydrogens is 272 g/mol. The fourth-order valence-corrected chi connectivity index (χ4v) is 5.02. The molecule has 6 aliphatic rings. The predicted octanol–water partition coefficient (Wildman–Crippen LogP) is -0.863. The van der Waals surface area contributed by atoms with Crippen molar-refractivity contribution in [3.63, 3.8) is 0 Å². The lowest BCUT2D eigenvalue weighted by atomic mass is 9.80. The van der Waals surface area contributed by atoms with Gasteiger partial charge in [0, 0.05) is 0 Å². The molecule has 8 nitrogen and oxygen atoms in total. The van der Waals surface area contributed by atoms with Crippen molar-refractivity contribution in [1.29, 1.82) is 0 Å². The second-order valence-corrected chi connectivity index (χ2v) is 6.19. The first kappa shape index (κ1) is 10.8. The maximum atomic E-state index is 12.7. The van der Waals surface area contributed by atoms with Crippen LogP contribution in [-0.4, -0.2) is 36.7 Å². The van der Waals surface area contributed by atoms with Crippen molar-refractivity contribution >= 4 is 11.6 Å². The molecule has 106 valence electrons. The summed E-state index contributed by atoms with van der Waals surface area (Å²) in [5.41, 5.74) is 0. The van der Waals surface area contributed by atoms with E-state index in [9.17, 15) is 9.59 Å². The van der Waals surface area contributed by atoms with E-state index in [1.54, 1.807) is 0 Å². The quantitative estimate of drug-likeness (QED) is 0.530. The third kappa shape index (κ3) is 0.928. The number of hydrogen-bond donors (Lipinski definition) is 0. The fraction of sp³-hybridized carbons (Fsp3) is 0.833. The van der Waals surface area contributed by atoms with Crippen LogP contribution in [0.3, 0.4) is 0 Å². The molecule has 6 fully saturated rings. The zero-order valence-electron chi connectivity index (χ0n) is 10.0. The molecular formula is C12H10O8. The number of ether oxygens (including phenoxy) is 2. The summed E-state index contributed by atoms with van der Waals surface area (Å²) in [7, 11) is 0. The molecule has 6 rings (SSSR count). The third-order valence-electron chi connectivity index (χ3n) is 5.62. The minimum Gasteiger partial charge on any atom is -0.316 e. The first-order valence-corrected chi connectivity index (χ1v) is 6.78. The van der Waals surface area contributed by atoms with Crippen LogP contribution in [0, 0.1) is 35.5 Å². The van der Waals surface area contributed by atoms with Crippen molar-refractivity contribution in [2.45, 2.75) is 25.2 Å². The van der Waals surface area contributed by atoms with Crippen LogP contribution in [0.15, 0.2) is 0 Å². The van der Waals surface area contributed by atoms with E-state index in [-0.39, 0.29) is 23.4 Å². The molecule has 2 saturated carbocycles. The molecule has 0 aromatic heterocycles. The fourth-order valence-electron chi connectivity index (χ4n) is 5.02. The molecule has 4 aliphatic heterocycles. The maximum absolute atomic E-state index is 12.7. The molecule has 4 saturated heterocycles. The van der Waals surface area contributed by atoms with E-state index < -0.39 is 48.8 Å². The van der Waals surface area contributed by atoms with E-state index in [1.165, 1.54) is 0 Å². The second kappa shape index (κ2) is 3.13. The summed E-state index contributed by atoms with van der Waals surface area (Å²) in [6.07, 6.45) is -2.87. The summed E-state index contributed by atoms with van der Waals surface area (Å²) in [4.78, 5) is 45.7. The third-order valence-corrected chi connectivity index (χ3v) is 5.62. The van der Waals surface area contributed by atoms with Crippen LogP contribution in [0.4, 0.5) is 0 Å². The van der Waals surface area contributed by atoms with Gasteiger partial charge in [0.25, 0.3) is 0 Å². The Hall–Kier alpha value is -0.900. The van der Waals surface area contributed by atoms with Crippen molar-refractivity contribution in [2.24, 2.45) is 35.5 Å². The number of Topliss-reactive ketones (excluding diaryl/α,β-unsaturated/α-hetero) is 2. The number of carbonyl (C=O) groups is 2. The molecule has 4 heterocycles. The number of fused-ring (bicyclic) bond motifs is 8. The van der Waals surface area contributed by atoms with Crippen molar-refractivity contribution in [1.82, 2.24) is 0 Å². The summed E-state index contributed by atoms with van der Waals surface area (Å²) >= 11 is 0. The SMILES string of the molecule is O=C1[C@@H]2C3C4[C@@H](C(=O)[C@@H]3[C@H]3OO[C@@H]2O3)[C@@H]2OO[C@@H](O2)[C@@H]14. The van der Waals surface area contributed by atoms with Crippen molar-refractivity contribution in [3.05, 3.63) is 0 Å². The Kier molecular flexibility index (Phi) is 1.69. The first-order valence-electron chi connectivity index (χ1n) is 6.78. The van der Waals surface area contributed by atoms with Gasteiger partial charge >= 0.3 is 0 Å². The molecule has 0 radical (unpaired) electrons. The highest BCUT2D eigenvalue weighted by atomic mass is 17.3. The molecule has 8 heteroatoms. The Bertz CT molecular complexity index is 460. The van der Waals surface area contributed by atoms with Gasteiger partial charge in [0.2, 0.25) is 25.2 Å². The predicted molar refractivity (Wildman–Crippen MR) is 52.6 cm³/mol. The van der Waals surface area contributed by atoms with Gasteiger partial charge in [0.05, 0.1) is 23.7 Å². The van der Waals surface area contributed by atoms with Crippen LogP contribution in [0.2, 0.25) is 0 Å². The lowest BCUT2D eigenvalue weighted by Gasteiger charge is -2.31. The van der Waals surface area contributed by atoms with Crippen LogP contribution in [0.25, 0.3) is 0 Å². The van der Waals surface area contributed by atoms with Crippen LogP contribution in [0.1, 0.15) is 0 Å². The standard InChI is InChI=1S/C12H10O8/c13-7-3-1-2-5(7)11-16-12(20-19-11)6(2)8(14)4(1)10-15-9(3)17-18-10/h1-6,9-12H/t1?,2?,3-,4+,5+,6-,9-,10+,11+,12-. The monoisotopic (exact) mass is 282 g/mol. The molecule has 4 bridgehead atoms. The molecule has 0 N–H and O–H groups in total. The van der Waals surface area contributed by atoms with Gasteiger partial charge in [-0.05, 0) is 11.8 Å². The smallest absolute Gasteiger partial charge is 0.204 e. The molecule has 0 amide bonds. The molecule has 10 atom stereocenters. The van der Waals surface area contributed by atoms with E-state index >= 15 is 0 Å². The number of ketones is 2. The molecule has 20 heavy (non-hydrogen) atoms. The zero-order chi connectivity index (χ0) is 13.2. The highest BCUT2D eigenvalue weighted by Gasteiger charge is 2.77. The van der Waals surface area contributed by atoms with Crippen molar-refractivity contribution in [3.8, 4) is 0 Å². The van der Waals surface area contributed by atoms with Gasteiger partial charge in [0.1, 0.15) is 11.6 Å². The number of hydrogen-bond acceptors (Lipinski definition) is 8. The van der Waals surface area contributed by atoms with Crippen LogP contribution >= 0.6 is 0 Å². The number of rotatable bonds is 0. The van der Waals surface area contributed by atoms with Gasteiger partial charge in [-0.2, -0.15) is 0 Å². The van der Waals surface area contributed by atoms with E-state index in [0.29, 0.717) is 0 Å². The Morgan fingerprint density at radius 2 is 0.850 bits per heavy atom.